The first-order chi connectivity index (χ1) is 9.58. The number of hydrogen-bond donors (Lipinski definition) is 0. The van der Waals surface area contributed by atoms with E-state index in [1.165, 1.54) is 12.1 Å². The third-order valence-corrected chi connectivity index (χ3v) is 3.20. The first-order valence-corrected chi connectivity index (χ1v) is 6.36. The van der Waals surface area contributed by atoms with Crippen molar-refractivity contribution in [3.05, 3.63) is 75.8 Å². The molecule has 0 N–H and O–H groups in total. The normalized spacial score (nSPS) is 11.8. The summed E-state index contributed by atoms with van der Waals surface area (Å²) in [6.07, 6.45) is 0.391. The molecule has 0 heterocycles. The summed E-state index contributed by atoms with van der Waals surface area (Å²) in [6, 6.07) is 16.1. The highest BCUT2D eigenvalue weighted by Crippen LogP contribution is 2.29. The first-order valence-electron chi connectivity index (χ1n) is 6.36. The van der Waals surface area contributed by atoms with E-state index in [1.54, 1.807) is 19.1 Å². The number of nitro benzene ring substituents is 1. The van der Waals surface area contributed by atoms with E-state index in [-0.39, 0.29) is 17.4 Å². The second-order valence-corrected chi connectivity index (χ2v) is 4.72. The molecule has 0 aliphatic carbocycles. The number of carbonyl (C=O) groups excluding carboxylic acids is 1. The van der Waals surface area contributed by atoms with Gasteiger partial charge in [-0.15, -0.1) is 0 Å². The van der Waals surface area contributed by atoms with Crippen LogP contribution in [0.2, 0.25) is 0 Å². The molecule has 20 heavy (non-hydrogen) atoms. The van der Waals surface area contributed by atoms with Crippen LogP contribution in [0.3, 0.4) is 0 Å². The Bertz CT molecular complexity index is 605. The highest BCUT2D eigenvalue weighted by atomic mass is 16.6. The minimum atomic E-state index is -0.424. The number of hydrogen-bond acceptors (Lipinski definition) is 3. The molecule has 2 rings (SSSR count). The Hall–Kier alpha value is -2.49. The van der Waals surface area contributed by atoms with Crippen molar-refractivity contribution >= 4 is 11.5 Å². The molecular formula is C16H15NO3. The minimum absolute atomic E-state index is 0.0587. The van der Waals surface area contributed by atoms with Crippen LogP contribution in [0.15, 0.2) is 54.6 Å². The summed E-state index contributed by atoms with van der Waals surface area (Å²) >= 11 is 0. The van der Waals surface area contributed by atoms with E-state index in [2.05, 4.69) is 0 Å². The minimum Gasteiger partial charge on any atom is -0.300 e. The van der Waals surface area contributed by atoms with Gasteiger partial charge in [0.05, 0.1) is 4.92 Å². The predicted octanol–water partition coefficient (Wildman–Crippen LogP) is 3.71. The largest absolute Gasteiger partial charge is 0.300 e. The van der Waals surface area contributed by atoms with E-state index in [1.807, 2.05) is 30.3 Å². The third kappa shape index (κ3) is 3.29. The van der Waals surface area contributed by atoms with E-state index >= 15 is 0 Å². The van der Waals surface area contributed by atoms with Gasteiger partial charge in [0.2, 0.25) is 0 Å². The van der Waals surface area contributed by atoms with E-state index < -0.39 is 4.92 Å². The van der Waals surface area contributed by atoms with Gasteiger partial charge >= 0.3 is 0 Å². The molecule has 0 spiro atoms. The van der Waals surface area contributed by atoms with Gasteiger partial charge in [0.25, 0.3) is 5.69 Å². The summed E-state index contributed by atoms with van der Waals surface area (Å²) in [5, 5.41) is 10.7. The second-order valence-electron chi connectivity index (χ2n) is 4.72. The molecule has 2 aromatic carbocycles. The first kappa shape index (κ1) is 13.9. The number of non-ortho nitro benzene ring substituents is 1. The summed E-state index contributed by atoms with van der Waals surface area (Å²) < 4.78 is 0. The van der Waals surface area contributed by atoms with Crippen LogP contribution in [-0.2, 0) is 4.79 Å². The van der Waals surface area contributed by atoms with Crippen molar-refractivity contribution in [1.29, 1.82) is 0 Å². The van der Waals surface area contributed by atoms with Gasteiger partial charge in [0, 0.05) is 24.5 Å². The molecule has 2 aromatic rings. The monoisotopic (exact) mass is 269 g/mol. The molecule has 0 aliphatic rings. The lowest BCUT2D eigenvalue weighted by molar-refractivity contribution is -0.384. The fourth-order valence-corrected chi connectivity index (χ4v) is 2.23. The molecule has 0 fully saturated rings. The van der Waals surface area contributed by atoms with Crippen molar-refractivity contribution in [3.63, 3.8) is 0 Å². The van der Waals surface area contributed by atoms with Crippen LogP contribution in [0, 0.1) is 10.1 Å². The van der Waals surface area contributed by atoms with Gasteiger partial charge in [-0.1, -0.05) is 42.5 Å². The fourth-order valence-electron chi connectivity index (χ4n) is 2.23. The second kappa shape index (κ2) is 6.10. The number of Topliss-reactive ketones (excluding diaryl/α,β-unsaturated/α-hetero) is 1. The number of carbonyl (C=O) groups is 1. The van der Waals surface area contributed by atoms with Gasteiger partial charge < -0.3 is 0 Å². The standard InChI is InChI=1S/C16H15NO3/c1-12(18)11-16(13-5-3-2-4-6-13)14-7-9-15(10-8-14)17(19)20/h2-10,16H,11H2,1H3. The van der Waals surface area contributed by atoms with E-state index in [0.29, 0.717) is 6.42 Å². The van der Waals surface area contributed by atoms with Crippen molar-refractivity contribution in [2.45, 2.75) is 19.3 Å². The van der Waals surface area contributed by atoms with Gasteiger partial charge in [-0.2, -0.15) is 0 Å². The zero-order valence-electron chi connectivity index (χ0n) is 11.2. The fraction of sp³-hybridized carbons (Fsp3) is 0.188. The van der Waals surface area contributed by atoms with E-state index in [9.17, 15) is 14.9 Å². The van der Waals surface area contributed by atoms with Crippen LogP contribution in [0.4, 0.5) is 5.69 Å². The van der Waals surface area contributed by atoms with Crippen LogP contribution < -0.4 is 0 Å². The highest BCUT2D eigenvalue weighted by molar-refractivity contribution is 5.77. The Morgan fingerprint density at radius 2 is 1.60 bits per heavy atom. The average molecular weight is 269 g/mol. The van der Waals surface area contributed by atoms with Crippen molar-refractivity contribution in [2.24, 2.45) is 0 Å². The number of benzene rings is 2. The topological polar surface area (TPSA) is 60.2 Å². The SMILES string of the molecule is CC(=O)CC(c1ccccc1)c1ccc([N+](=O)[O-])cc1. The summed E-state index contributed by atoms with van der Waals surface area (Å²) in [7, 11) is 0. The zero-order valence-corrected chi connectivity index (χ0v) is 11.2. The van der Waals surface area contributed by atoms with Crippen molar-refractivity contribution < 1.29 is 9.72 Å². The summed E-state index contributed by atoms with van der Waals surface area (Å²) in [6.45, 7) is 1.56. The van der Waals surface area contributed by atoms with Crippen LogP contribution in [-0.4, -0.2) is 10.7 Å². The molecule has 0 saturated carbocycles. The lowest BCUT2D eigenvalue weighted by Gasteiger charge is -2.16. The molecule has 0 aromatic heterocycles. The molecule has 0 aliphatic heterocycles. The summed E-state index contributed by atoms with van der Waals surface area (Å²) in [5.74, 6) is 0.0340. The van der Waals surface area contributed by atoms with Crippen molar-refractivity contribution in [1.82, 2.24) is 0 Å². The lowest BCUT2D eigenvalue weighted by Crippen LogP contribution is -2.06. The number of nitro groups is 1. The average Bonchev–Trinajstić information content (AvgIpc) is 2.45. The number of rotatable bonds is 5. The Morgan fingerprint density at radius 1 is 1.05 bits per heavy atom. The Kier molecular flexibility index (Phi) is 4.25. The molecule has 1 unspecified atom stereocenters. The summed E-state index contributed by atoms with van der Waals surface area (Å²) in [5.41, 5.74) is 2.01. The molecule has 1 atom stereocenters. The molecule has 4 nitrogen and oxygen atoms in total. The van der Waals surface area contributed by atoms with E-state index in [0.717, 1.165) is 11.1 Å². The van der Waals surface area contributed by atoms with E-state index in [4.69, 9.17) is 0 Å². The van der Waals surface area contributed by atoms with Gasteiger partial charge in [0.15, 0.2) is 0 Å². The zero-order chi connectivity index (χ0) is 14.5. The number of ketones is 1. The number of nitrogens with zero attached hydrogens (tertiary/aromatic N) is 1. The molecule has 4 heteroatoms. The van der Waals surface area contributed by atoms with Gasteiger partial charge in [-0.25, -0.2) is 0 Å². The quantitative estimate of drug-likeness (QED) is 0.614. The van der Waals surface area contributed by atoms with Gasteiger partial charge in [-0.3, -0.25) is 14.9 Å². The maximum absolute atomic E-state index is 11.5. The maximum Gasteiger partial charge on any atom is 0.269 e. The smallest absolute Gasteiger partial charge is 0.269 e. The summed E-state index contributed by atoms with van der Waals surface area (Å²) in [4.78, 5) is 21.7. The van der Waals surface area contributed by atoms with Crippen LogP contribution >= 0.6 is 0 Å². The highest BCUT2D eigenvalue weighted by Gasteiger charge is 2.17. The molecule has 0 radical (unpaired) electrons. The van der Waals surface area contributed by atoms with Crippen LogP contribution in [0.5, 0.6) is 0 Å². The maximum atomic E-state index is 11.5. The molecule has 0 bridgehead atoms. The lowest BCUT2D eigenvalue weighted by atomic mass is 9.87. The molecule has 0 saturated heterocycles. The van der Waals surface area contributed by atoms with Crippen molar-refractivity contribution in [2.75, 3.05) is 0 Å². The Morgan fingerprint density at radius 3 is 2.10 bits per heavy atom. The van der Waals surface area contributed by atoms with Gasteiger partial charge in [-0.05, 0) is 18.1 Å². The van der Waals surface area contributed by atoms with Gasteiger partial charge in [0.1, 0.15) is 5.78 Å². The van der Waals surface area contributed by atoms with Crippen molar-refractivity contribution in [3.8, 4) is 0 Å². The van der Waals surface area contributed by atoms with Crippen LogP contribution in [0.25, 0.3) is 0 Å². The Labute approximate surface area is 117 Å². The molecule has 102 valence electrons. The van der Waals surface area contributed by atoms with Crippen LogP contribution in [0.1, 0.15) is 30.4 Å². The molecule has 0 amide bonds. The third-order valence-electron chi connectivity index (χ3n) is 3.20. The predicted molar refractivity (Wildman–Crippen MR) is 76.7 cm³/mol. The molecular weight excluding hydrogens is 254 g/mol. The Balaban J connectivity index is 2.36.